The predicted molar refractivity (Wildman–Crippen MR) is 162 cm³/mol. The zero-order valence-corrected chi connectivity index (χ0v) is 28.3. The van der Waals surface area contributed by atoms with Crippen LogP contribution in [0.3, 0.4) is 0 Å². The number of anilines is 1. The van der Waals surface area contributed by atoms with E-state index >= 15 is 0 Å². The molecule has 0 spiro atoms. The van der Waals surface area contributed by atoms with E-state index in [2.05, 4.69) is 35.6 Å². The molecule has 2 N–H and O–H groups in total. The summed E-state index contributed by atoms with van der Waals surface area (Å²) in [6.45, 7) is 4.06. The van der Waals surface area contributed by atoms with Gasteiger partial charge in [0.25, 0.3) is 0 Å². The summed E-state index contributed by atoms with van der Waals surface area (Å²) in [7, 11) is 2.84. The normalized spacial score (nSPS) is 15.7. The van der Waals surface area contributed by atoms with Gasteiger partial charge < -0.3 is 32.1 Å². The summed E-state index contributed by atoms with van der Waals surface area (Å²) in [5.41, 5.74) is -0.427. The van der Waals surface area contributed by atoms with Crippen molar-refractivity contribution in [1.82, 2.24) is 0 Å². The number of alkyl halides is 6. The summed E-state index contributed by atoms with van der Waals surface area (Å²) in [5.74, 6) is 0.980. The van der Waals surface area contributed by atoms with Gasteiger partial charge in [0.2, 0.25) is 0 Å². The first-order chi connectivity index (χ1) is 21.2. The van der Waals surface area contributed by atoms with Crippen LogP contribution in [0.25, 0.3) is 0 Å². The van der Waals surface area contributed by atoms with Crippen LogP contribution in [0.15, 0.2) is 53.0 Å². The highest BCUT2D eigenvalue weighted by molar-refractivity contribution is 9.10. The fraction of sp³-hybridized carbons (Fsp3) is 0.562. The molecule has 2 fully saturated rings. The molecular formula is C32H42BrClF6N2O4. The number of carbonyl (C=O) groups excluding carboxylic acids is 2. The third kappa shape index (κ3) is 15.9. The molecule has 2 aromatic carbocycles. The van der Waals surface area contributed by atoms with Crippen LogP contribution in [-0.2, 0) is 31.4 Å². The highest BCUT2D eigenvalue weighted by Gasteiger charge is 2.31. The van der Waals surface area contributed by atoms with Crippen LogP contribution in [-0.4, -0.2) is 52.3 Å². The van der Waals surface area contributed by atoms with Gasteiger partial charge in [-0.05, 0) is 98.9 Å². The number of rotatable bonds is 7. The third-order valence-electron chi connectivity index (χ3n) is 7.87. The molecule has 6 nitrogen and oxygen atoms in total. The van der Waals surface area contributed by atoms with Crippen molar-refractivity contribution in [3.8, 4) is 0 Å². The maximum Gasteiger partial charge on any atom is 0.416 e. The number of esters is 2. The van der Waals surface area contributed by atoms with Crippen LogP contribution in [0.2, 0.25) is 0 Å². The Morgan fingerprint density at radius 2 is 1.13 bits per heavy atom. The van der Waals surface area contributed by atoms with Gasteiger partial charge in [0, 0.05) is 36.1 Å². The zero-order valence-electron chi connectivity index (χ0n) is 25.9. The quantitative estimate of drug-likeness (QED) is 0.339. The largest absolute Gasteiger partial charge is 1.00 e. The molecule has 4 rings (SSSR count). The summed E-state index contributed by atoms with van der Waals surface area (Å²) < 4.78 is 83.2. The molecule has 0 radical (unpaired) electrons. The topological polar surface area (TPSA) is 72.4 Å². The second-order valence-electron chi connectivity index (χ2n) is 11.0. The molecule has 2 aliphatic rings. The minimum atomic E-state index is -4.29. The SMILES string of the molecule is COC(=O)CCC1CCN(c2ccc(C(F)(F)F)cc2)CC1.COC(=O)CCC1CC[NH2+]CC1.FC(F)(F)c1ccc(Br)cc1.[Cl-]. The summed E-state index contributed by atoms with van der Waals surface area (Å²) in [4.78, 5) is 24.0. The monoisotopic (exact) mass is 746 g/mol. The van der Waals surface area contributed by atoms with Crippen molar-refractivity contribution in [1.29, 1.82) is 0 Å². The zero-order chi connectivity index (χ0) is 33.5. The number of piperidine rings is 2. The molecular weight excluding hydrogens is 706 g/mol. The second-order valence-corrected chi connectivity index (χ2v) is 11.9. The van der Waals surface area contributed by atoms with Crippen molar-refractivity contribution in [2.24, 2.45) is 11.8 Å². The summed E-state index contributed by atoms with van der Waals surface area (Å²) >= 11 is 3.04. The Labute approximate surface area is 281 Å². The number of nitrogens with two attached hydrogens (primary N) is 1. The van der Waals surface area contributed by atoms with Gasteiger partial charge in [0.1, 0.15) is 0 Å². The van der Waals surface area contributed by atoms with E-state index in [1.165, 1.54) is 64.4 Å². The number of hydrogen-bond acceptors (Lipinski definition) is 5. The lowest BCUT2D eigenvalue weighted by molar-refractivity contribution is -0.664. The Balaban J connectivity index is 0.000000374. The number of hydrogen-bond donors (Lipinski definition) is 1. The van der Waals surface area contributed by atoms with Gasteiger partial charge in [0.05, 0.1) is 38.4 Å². The summed E-state index contributed by atoms with van der Waals surface area (Å²) in [6.07, 6.45) is -1.26. The minimum absolute atomic E-state index is 0. The average Bonchev–Trinajstić information content (AvgIpc) is 3.03. The molecule has 0 bridgehead atoms. The molecule has 2 heterocycles. The van der Waals surface area contributed by atoms with Gasteiger partial charge >= 0.3 is 24.3 Å². The molecule has 0 aromatic heterocycles. The van der Waals surface area contributed by atoms with E-state index in [0.29, 0.717) is 23.2 Å². The summed E-state index contributed by atoms with van der Waals surface area (Å²) in [5, 5.41) is 2.34. The first-order valence-electron chi connectivity index (χ1n) is 14.9. The maximum absolute atomic E-state index is 12.5. The number of nitrogens with zero attached hydrogens (tertiary/aromatic N) is 1. The fourth-order valence-corrected chi connectivity index (χ4v) is 5.38. The van der Waals surface area contributed by atoms with Crippen molar-refractivity contribution in [3.63, 3.8) is 0 Å². The fourth-order valence-electron chi connectivity index (χ4n) is 5.11. The highest BCUT2D eigenvalue weighted by atomic mass is 79.9. The maximum atomic E-state index is 12.5. The Kier molecular flexibility index (Phi) is 18.7. The van der Waals surface area contributed by atoms with Gasteiger partial charge in [-0.3, -0.25) is 9.59 Å². The minimum Gasteiger partial charge on any atom is -1.00 e. The van der Waals surface area contributed by atoms with Crippen LogP contribution in [0.4, 0.5) is 32.0 Å². The smallest absolute Gasteiger partial charge is 0.416 e. The van der Waals surface area contributed by atoms with E-state index in [9.17, 15) is 35.9 Å². The average molecular weight is 748 g/mol. The highest BCUT2D eigenvalue weighted by Crippen LogP contribution is 2.32. The molecule has 0 aliphatic carbocycles. The van der Waals surface area contributed by atoms with Crippen molar-refractivity contribution in [2.45, 2.75) is 63.7 Å². The van der Waals surface area contributed by atoms with Crippen molar-refractivity contribution >= 4 is 33.6 Å². The molecule has 2 aromatic rings. The van der Waals surface area contributed by atoms with E-state index in [1.54, 1.807) is 0 Å². The second kappa shape index (κ2) is 20.7. The Hall–Kier alpha value is -2.51. The van der Waals surface area contributed by atoms with E-state index in [1.807, 2.05) is 0 Å². The number of methoxy groups -OCH3 is 2. The molecule has 0 saturated carbocycles. The van der Waals surface area contributed by atoms with Gasteiger partial charge in [-0.25, -0.2) is 0 Å². The first-order valence-corrected chi connectivity index (χ1v) is 15.7. The Morgan fingerprint density at radius 3 is 1.52 bits per heavy atom. The lowest BCUT2D eigenvalue weighted by atomic mass is 9.92. The van der Waals surface area contributed by atoms with Gasteiger partial charge in [-0.2, -0.15) is 26.3 Å². The Bertz CT molecular complexity index is 1150. The Morgan fingerprint density at radius 1 is 0.739 bits per heavy atom. The molecule has 0 atom stereocenters. The standard InChI is InChI=1S/C16H20F3NO2.C9H17NO2.C7H4BrF3.ClH/c1-22-15(21)7-2-12-8-10-20(11-9-12)14-5-3-13(4-6-14)16(17,18)19;1-12-9(11)3-2-8-4-6-10-7-5-8;8-6-3-1-5(2-4-6)7(9,10)11;/h3-6,12H,2,7-11H2,1H3;8,10H,2-7H2,1H3;1-4H;1H. The van der Waals surface area contributed by atoms with Crippen molar-refractivity contribution < 1.29 is 63.1 Å². The van der Waals surface area contributed by atoms with E-state index in [-0.39, 0.29) is 24.3 Å². The molecule has 14 heteroatoms. The molecule has 0 amide bonds. The van der Waals surface area contributed by atoms with Gasteiger partial charge in [-0.1, -0.05) is 15.9 Å². The van der Waals surface area contributed by atoms with E-state index < -0.39 is 23.5 Å². The summed E-state index contributed by atoms with van der Waals surface area (Å²) in [6, 6.07) is 10.1. The molecule has 2 aliphatic heterocycles. The lowest BCUT2D eigenvalue weighted by Crippen LogP contribution is -3.00. The van der Waals surface area contributed by atoms with Crippen molar-refractivity contribution in [3.05, 3.63) is 64.1 Å². The molecule has 260 valence electrons. The molecule has 46 heavy (non-hydrogen) atoms. The number of ether oxygens (including phenoxy) is 2. The number of halogens is 8. The number of carbonyl (C=O) groups is 2. The van der Waals surface area contributed by atoms with E-state index in [4.69, 9.17) is 0 Å². The molecule has 0 unspecified atom stereocenters. The van der Waals surface area contributed by atoms with Crippen LogP contribution in [0.5, 0.6) is 0 Å². The van der Waals surface area contributed by atoms with Gasteiger partial charge in [-0.15, -0.1) is 0 Å². The van der Waals surface area contributed by atoms with Crippen molar-refractivity contribution in [2.75, 3.05) is 45.3 Å². The van der Waals surface area contributed by atoms with Crippen LogP contribution in [0, 0.1) is 11.8 Å². The predicted octanol–water partition coefficient (Wildman–Crippen LogP) is 4.26. The number of quaternary nitrogens is 1. The number of benzene rings is 2. The third-order valence-corrected chi connectivity index (χ3v) is 8.40. The van der Waals surface area contributed by atoms with E-state index in [0.717, 1.165) is 74.6 Å². The van der Waals surface area contributed by atoms with Crippen LogP contribution >= 0.6 is 15.9 Å². The van der Waals surface area contributed by atoms with Gasteiger partial charge in [0.15, 0.2) is 0 Å². The molecule has 2 saturated heterocycles. The first kappa shape index (κ1) is 41.5. The lowest BCUT2D eigenvalue weighted by Gasteiger charge is -2.33. The van der Waals surface area contributed by atoms with Crippen LogP contribution < -0.4 is 22.6 Å². The van der Waals surface area contributed by atoms with Crippen LogP contribution in [0.1, 0.15) is 62.5 Å².